The summed E-state index contributed by atoms with van der Waals surface area (Å²) in [7, 11) is 0. The maximum Gasteiger partial charge on any atom is 1.00 e. The summed E-state index contributed by atoms with van der Waals surface area (Å²) in [5.74, 6) is 0.797. The van der Waals surface area contributed by atoms with Gasteiger partial charge in [-0.25, -0.2) is 0 Å². The molecule has 2 nitrogen and oxygen atoms in total. The second kappa shape index (κ2) is 7.22. The second-order valence-electron chi connectivity index (χ2n) is 2.19. The van der Waals surface area contributed by atoms with Crippen molar-refractivity contribution in [2.24, 2.45) is 5.92 Å². The average molecular weight is 158 g/mol. The van der Waals surface area contributed by atoms with E-state index in [9.17, 15) is 8.76 Å². The molecule has 0 saturated heterocycles. The maximum atomic E-state index is 9.90. The van der Waals surface area contributed by atoms with E-state index in [4.69, 9.17) is 0 Å². The Bertz CT molecular complexity index is 85.0. The normalized spacial score (nSPS) is 12.9. The largest absolute Gasteiger partial charge is 1.00 e. The molecule has 0 aliphatic heterocycles. The third-order valence-corrected chi connectivity index (χ3v) is 1.43. The van der Waals surface area contributed by atoms with E-state index in [1.807, 2.05) is 13.8 Å². The van der Waals surface area contributed by atoms with E-state index >= 15 is 0 Å². The standard InChI is InChI=1S/C5H12O2S.Na/c1-5(2)3-4-8(6)7;/h5H,3-4H2,1-2H3,(H,6,7);/q;+1/p-1. The van der Waals surface area contributed by atoms with E-state index in [0.29, 0.717) is 11.7 Å². The minimum Gasteiger partial charge on any atom is -0.772 e. The van der Waals surface area contributed by atoms with Crippen molar-refractivity contribution >= 4 is 11.1 Å². The van der Waals surface area contributed by atoms with Crippen LogP contribution in [0.3, 0.4) is 0 Å². The molecular formula is C5H11NaO2S. The van der Waals surface area contributed by atoms with Crippen molar-refractivity contribution < 1.29 is 38.3 Å². The molecule has 0 heterocycles. The van der Waals surface area contributed by atoms with E-state index in [1.54, 1.807) is 0 Å². The fourth-order valence-corrected chi connectivity index (χ4v) is 0.996. The van der Waals surface area contributed by atoms with Gasteiger partial charge < -0.3 is 4.55 Å². The molecule has 0 fully saturated rings. The Morgan fingerprint density at radius 3 is 2.11 bits per heavy atom. The molecule has 0 radical (unpaired) electrons. The second-order valence-corrected chi connectivity index (χ2v) is 3.21. The molecule has 1 atom stereocenters. The smallest absolute Gasteiger partial charge is 0.772 e. The summed E-state index contributed by atoms with van der Waals surface area (Å²) in [6.45, 7) is 4.01. The first-order valence-electron chi connectivity index (χ1n) is 2.68. The van der Waals surface area contributed by atoms with Crippen LogP contribution in [0.25, 0.3) is 0 Å². The molecule has 0 saturated carbocycles. The fourth-order valence-electron chi connectivity index (χ4n) is 0.332. The Hall–Kier alpha value is 1.11. The monoisotopic (exact) mass is 158 g/mol. The SMILES string of the molecule is CC(C)CCS(=O)[O-].[Na+]. The summed E-state index contributed by atoms with van der Waals surface area (Å²) in [6, 6.07) is 0. The molecule has 50 valence electrons. The zero-order valence-corrected chi connectivity index (χ0v) is 9.03. The maximum absolute atomic E-state index is 9.90. The van der Waals surface area contributed by atoms with Crippen molar-refractivity contribution in [3.05, 3.63) is 0 Å². The van der Waals surface area contributed by atoms with Crippen LogP contribution < -0.4 is 29.6 Å². The van der Waals surface area contributed by atoms with Gasteiger partial charge in [0, 0.05) is 5.75 Å². The molecule has 0 aliphatic rings. The van der Waals surface area contributed by atoms with E-state index < -0.39 is 11.1 Å². The predicted octanol–water partition coefficient (Wildman–Crippen LogP) is -2.08. The van der Waals surface area contributed by atoms with Crippen LogP contribution in [0.4, 0.5) is 0 Å². The quantitative estimate of drug-likeness (QED) is 0.349. The third-order valence-electron chi connectivity index (χ3n) is 0.862. The van der Waals surface area contributed by atoms with Crippen LogP contribution in [-0.4, -0.2) is 14.5 Å². The molecule has 0 N–H and O–H groups in total. The van der Waals surface area contributed by atoms with Gasteiger partial charge in [-0.15, -0.1) is 0 Å². The Morgan fingerprint density at radius 1 is 1.56 bits per heavy atom. The number of hydrogen-bond donors (Lipinski definition) is 0. The molecule has 1 unspecified atom stereocenters. The van der Waals surface area contributed by atoms with Crippen LogP contribution in [0, 0.1) is 5.92 Å². The zero-order chi connectivity index (χ0) is 6.57. The molecule has 4 heteroatoms. The third kappa shape index (κ3) is 12.3. The van der Waals surface area contributed by atoms with Gasteiger partial charge in [-0.3, -0.25) is 4.21 Å². The van der Waals surface area contributed by atoms with Crippen LogP contribution >= 0.6 is 0 Å². The summed E-state index contributed by atoms with van der Waals surface area (Å²) in [5, 5.41) is 0. The molecule has 0 aromatic carbocycles. The summed E-state index contributed by atoms with van der Waals surface area (Å²) < 4.78 is 19.8. The van der Waals surface area contributed by atoms with E-state index in [2.05, 4.69) is 0 Å². The minimum absolute atomic E-state index is 0. The molecule has 0 aliphatic carbocycles. The molecule has 0 rings (SSSR count). The predicted molar refractivity (Wildman–Crippen MR) is 33.2 cm³/mol. The van der Waals surface area contributed by atoms with Crippen molar-refractivity contribution in [2.75, 3.05) is 5.75 Å². The van der Waals surface area contributed by atoms with Gasteiger partial charge >= 0.3 is 29.6 Å². The molecule has 0 aromatic rings. The van der Waals surface area contributed by atoms with E-state index in [1.165, 1.54) is 0 Å². The topological polar surface area (TPSA) is 40.1 Å². The molecule has 9 heavy (non-hydrogen) atoms. The first-order chi connectivity index (χ1) is 3.63. The molecule has 0 bridgehead atoms. The van der Waals surface area contributed by atoms with Crippen molar-refractivity contribution in [1.82, 2.24) is 0 Å². The van der Waals surface area contributed by atoms with Crippen molar-refractivity contribution in [1.29, 1.82) is 0 Å². The Labute approximate surface area is 81.0 Å². The Morgan fingerprint density at radius 2 is 2.00 bits per heavy atom. The zero-order valence-electron chi connectivity index (χ0n) is 6.22. The van der Waals surface area contributed by atoms with Crippen molar-refractivity contribution in [3.8, 4) is 0 Å². The van der Waals surface area contributed by atoms with Gasteiger partial charge in [-0.1, -0.05) is 24.9 Å². The summed E-state index contributed by atoms with van der Waals surface area (Å²) in [6.07, 6.45) is 0.774. The molecule has 0 aromatic heterocycles. The van der Waals surface area contributed by atoms with Gasteiger partial charge in [-0.05, 0) is 12.3 Å². The van der Waals surface area contributed by atoms with Crippen LogP contribution in [-0.2, 0) is 11.1 Å². The average Bonchev–Trinajstić information content (AvgIpc) is 1.61. The van der Waals surface area contributed by atoms with E-state index in [0.717, 1.165) is 6.42 Å². The van der Waals surface area contributed by atoms with Crippen LogP contribution in [0.2, 0.25) is 0 Å². The first-order valence-corrected chi connectivity index (χ1v) is 3.93. The Kier molecular flexibility index (Phi) is 10.2. The first kappa shape index (κ1) is 12.8. The van der Waals surface area contributed by atoms with E-state index in [-0.39, 0.29) is 29.6 Å². The Balaban J connectivity index is 0. The number of rotatable bonds is 3. The number of hydrogen-bond acceptors (Lipinski definition) is 2. The van der Waals surface area contributed by atoms with Gasteiger partial charge in [0.2, 0.25) is 0 Å². The summed E-state index contributed by atoms with van der Waals surface area (Å²) in [4.78, 5) is 0. The summed E-state index contributed by atoms with van der Waals surface area (Å²) in [5.41, 5.74) is 0. The molecular weight excluding hydrogens is 147 g/mol. The van der Waals surface area contributed by atoms with Crippen molar-refractivity contribution in [2.45, 2.75) is 20.3 Å². The molecule has 0 amide bonds. The van der Waals surface area contributed by atoms with Gasteiger partial charge in [0.15, 0.2) is 0 Å². The van der Waals surface area contributed by atoms with Gasteiger partial charge in [0.1, 0.15) is 0 Å². The van der Waals surface area contributed by atoms with Gasteiger partial charge in [-0.2, -0.15) is 0 Å². The van der Waals surface area contributed by atoms with Crippen LogP contribution in [0.5, 0.6) is 0 Å². The van der Waals surface area contributed by atoms with Crippen molar-refractivity contribution in [3.63, 3.8) is 0 Å². The molecule has 0 spiro atoms. The van der Waals surface area contributed by atoms with Crippen LogP contribution in [0.15, 0.2) is 0 Å². The van der Waals surface area contributed by atoms with Gasteiger partial charge in [0.05, 0.1) is 0 Å². The van der Waals surface area contributed by atoms with Gasteiger partial charge in [0.25, 0.3) is 0 Å². The van der Waals surface area contributed by atoms with Crippen LogP contribution in [0.1, 0.15) is 20.3 Å². The summed E-state index contributed by atoms with van der Waals surface area (Å²) >= 11 is -1.84. The fraction of sp³-hybridized carbons (Fsp3) is 1.00. The minimum atomic E-state index is -1.84.